The minimum atomic E-state index is -4.18. The Labute approximate surface area is 308 Å². The number of methoxy groups -OCH3 is 2. The van der Waals surface area contributed by atoms with Gasteiger partial charge in [-0.25, -0.2) is 13.2 Å². The Bertz CT molecular complexity index is 2050. The molecule has 1 aromatic heterocycles. The maximum Gasteiger partial charge on any atom is 0.326 e. The van der Waals surface area contributed by atoms with Gasteiger partial charge in [-0.05, 0) is 57.5 Å². The summed E-state index contributed by atoms with van der Waals surface area (Å²) in [6.07, 6.45) is 2.57. The fourth-order valence-electron chi connectivity index (χ4n) is 5.25. The van der Waals surface area contributed by atoms with Crippen molar-refractivity contribution in [2.45, 2.75) is 43.9 Å². The number of nitrogens with zero attached hydrogens (tertiary/aromatic N) is 2. The SMILES string of the molecule is CCCOc1cc(OCCCCN(C)CC(=O)NCCCC(=O)O)cc(Oc2cc3c(cc2NS(=O)(=O)c2ccc(OC)c(OC)c2)[nH]c(=O)n3C)c1. The molecule has 0 saturated heterocycles. The van der Waals surface area contributed by atoms with Crippen LogP contribution in [-0.4, -0.2) is 94.0 Å². The zero-order valence-electron chi connectivity index (χ0n) is 30.5. The van der Waals surface area contributed by atoms with Gasteiger partial charge in [-0.15, -0.1) is 0 Å². The van der Waals surface area contributed by atoms with E-state index < -0.39 is 16.0 Å². The number of sulfonamides is 1. The monoisotopic (exact) mass is 757 g/mol. The fourth-order valence-corrected chi connectivity index (χ4v) is 6.32. The van der Waals surface area contributed by atoms with Crippen LogP contribution in [0, 0.1) is 0 Å². The van der Waals surface area contributed by atoms with Gasteiger partial charge >= 0.3 is 11.7 Å². The Balaban J connectivity index is 1.50. The third-order valence-electron chi connectivity index (χ3n) is 7.98. The van der Waals surface area contributed by atoms with E-state index in [0.717, 1.165) is 12.8 Å². The number of ether oxygens (including phenoxy) is 5. The third kappa shape index (κ3) is 11.5. The molecule has 4 rings (SSSR count). The summed E-state index contributed by atoms with van der Waals surface area (Å²) in [5.41, 5.74) is 0.545. The van der Waals surface area contributed by atoms with E-state index in [1.54, 1.807) is 31.3 Å². The summed E-state index contributed by atoms with van der Waals surface area (Å²) in [6, 6.07) is 12.3. The number of fused-ring (bicyclic) bond motifs is 1. The number of likely N-dealkylation sites (N-methyl/N-ethyl adjacent to an activating group) is 1. The standard InChI is InChI=1S/C36H47N5O11S/c1-6-15-50-24-17-25(51-16-8-7-14-40(2)23-34(42)37-13-9-10-35(43)44)19-26(18-24)52-32-22-30-28(38-36(45)41(30)3)21-29(32)39-53(46,47)27-11-12-31(48-4)33(20-27)49-5/h11-12,17-22,39H,6-10,13-16,23H2,1-5H3,(H,37,42)(H,38,45)(H,43,44). The zero-order chi connectivity index (χ0) is 38.5. The molecule has 0 saturated carbocycles. The van der Waals surface area contributed by atoms with E-state index >= 15 is 0 Å². The Hall–Kier alpha value is -5.42. The predicted molar refractivity (Wildman–Crippen MR) is 198 cm³/mol. The molecule has 0 aliphatic heterocycles. The lowest BCUT2D eigenvalue weighted by Gasteiger charge is -2.17. The normalized spacial score (nSPS) is 11.4. The first-order valence-electron chi connectivity index (χ1n) is 17.1. The van der Waals surface area contributed by atoms with Gasteiger partial charge in [0.15, 0.2) is 17.2 Å². The van der Waals surface area contributed by atoms with Gasteiger partial charge in [0.05, 0.1) is 55.6 Å². The lowest BCUT2D eigenvalue weighted by molar-refractivity contribution is -0.137. The molecule has 0 bridgehead atoms. The van der Waals surface area contributed by atoms with E-state index in [1.807, 2.05) is 18.9 Å². The summed E-state index contributed by atoms with van der Waals surface area (Å²) in [5, 5.41) is 11.4. The van der Waals surface area contributed by atoms with Gasteiger partial charge in [0.1, 0.15) is 17.2 Å². The molecule has 0 unspecified atom stereocenters. The number of carbonyl (C=O) groups excluding carboxylic acids is 1. The number of rotatable bonds is 22. The first-order valence-corrected chi connectivity index (χ1v) is 18.5. The number of benzene rings is 3. The summed E-state index contributed by atoms with van der Waals surface area (Å²) < 4.78 is 60.1. The van der Waals surface area contributed by atoms with Gasteiger partial charge in [-0.1, -0.05) is 6.92 Å². The minimum absolute atomic E-state index is 0.00709. The maximum atomic E-state index is 13.6. The van der Waals surface area contributed by atoms with Gasteiger partial charge in [-0.3, -0.25) is 23.8 Å². The van der Waals surface area contributed by atoms with Crippen molar-refractivity contribution in [1.82, 2.24) is 19.8 Å². The summed E-state index contributed by atoms with van der Waals surface area (Å²) in [5.74, 6) is 0.891. The number of aryl methyl sites for hydroxylation is 1. The van der Waals surface area contributed by atoms with E-state index in [9.17, 15) is 22.8 Å². The molecule has 0 radical (unpaired) electrons. The number of hydrogen-bond donors (Lipinski definition) is 4. The van der Waals surface area contributed by atoms with Crippen LogP contribution in [-0.2, 0) is 26.7 Å². The van der Waals surface area contributed by atoms with E-state index in [2.05, 4.69) is 15.0 Å². The summed E-state index contributed by atoms with van der Waals surface area (Å²) in [4.78, 5) is 39.7. The molecule has 0 spiro atoms. The Morgan fingerprint density at radius 3 is 2.28 bits per heavy atom. The minimum Gasteiger partial charge on any atom is -0.493 e. The second-order valence-electron chi connectivity index (χ2n) is 12.2. The molecule has 4 N–H and O–H groups in total. The molecule has 1 amide bonds. The molecule has 16 nitrogen and oxygen atoms in total. The van der Waals surface area contributed by atoms with Crippen LogP contribution in [0.15, 0.2) is 58.2 Å². The van der Waals surface area contributed by atoms with Crippen molar-refractivity contribution in [2.75, 3.05) is 58.8 Å². The first-order chi connectivity index (χ1) is 25.3. The number of nitrogens with one attached hydrogen (secondary N) is 3. The lowest BCUT2D eigenvalue weighted by Crippen LogP contribution is -2.36. The molecule has 0 atom stereocenters. The highest BCUT2D eigenvalue weighted by Crippen LogP contribution is 2.38. The van der Waals surface area contributed by atoms with Crippen molar-refractivity contribution in [3.8, 4) is 34.5 Å². The van der Waals surface area contributed by atoms with Crippen molar-refractivity contribution in [3.63, 3.8) is 0 Å². The number of imidazole rings is 1. The second kappa shape index (κ2) is 18.9. The van der Waals surface area contributed by atoms with Crippen molar-refractivity contribution < 1.29 is 46.8 Å². The number of hydrogen-bond acceptors (Lipinski definition) is 11. The predicted octanol–water partition coefficient (Wildman–Crippen LogP) is 4.34. The third-order valence-corrected chi connectivity index (χ3v) is 9.34. The summed E-state index contributed by atoms with van der Waals surface area (Å²) >= 11 is 0. The van der Waals surface area contributed by atoms with Crippen molar-refractivity contribution in [1.29, 1.82) is 0 Å². The molecule has 288 valence electrons. The van der Waals surface area contributed by atoms with Crippen LogP contribution in [0.2, 0.25) is 0 Å². The Morgan fingerprint density at radius 1 is 0.906 bits per heavy atom. The quantitative estimate of drug-likeness (QED) is 0.0829. The van der Waals surface area contributed by atoms with Crippen LogP contribution >= 0.6 is 0 Å². The first kappa shape index (κ1) is 40.4. The van der Waals surface area contributed by atoms with Crippen molar-refractivity contribution in [2.24, 2.45) is 7.05 Å². The molecule has 4 aromatic rings. The highest BCUT2D eigenvalue weighted by atomic mass is 32.2. The maximum absolute atomic E-state index is 13.6. The lowest BCUT2D eigenvalue weighted by atomic mass is 10.2. The van der Waals surface area contributed by atoms with E-state index in [4.69, 9.17) is 28.8 Å². The van der Waals surface area contributed by atoms with Gasteiger partial charge in [-0.2, -0.15) is 0 Å². The van der Waals surface area contributed by atoms with Crippen LogP contribution in [0.3, 0.4) is 0 Å². The van der Waals surface area contributed by atoms with Gasteiger partial charge < -0.3 is 39.1 Å². The number of aromatic nitrogens is 2. The number of carboxylic acids is 1. The molecule has 53 heavy (non-hydrogen) atoms. The van der Waals surface area contributed by atoms with Crippen molar-refractivity contribution >= 4 is 38.6 Å². The summed E-state index contributed by atoms with van der Waals surface area (Å²) in [7, 11) is 2.09. The molecule has 17 heteroatoms. The van der Waals surface area contributed by atoms with Gasteiger partial charge in [0.2, 0.25) is 5.91 Å². The molecule has 3 aromatic carbocycles. The number of aromatic amines is 1. The molecule has 0 aliphatic rings. The number of carboxylic acid groups (broad SMARTS) is 1. The number of anilines is 1. The number of carbonyl (C=O) groups is 2. The zero-order valence-corrected chi connectivity index (χ0v) is 31.3. The average molecular weight is 758 g/mol. The number of amides is 1. The highest BCUT2D eigenvalue weighted by molar-refractivity contribution is 7.92. The number of aliphatic carboxylic acids is 1. The van der Waals surface area contributed by atoms with Gasteiger partial charge in [0, 0.05) is 50.3 Å². The van der Waals surface area contributed by atoms with Gasteiger partial charge in [0.25, 0.3) is 10.0 Å². The number of unbranched alkanes of at least 4 members (excludes halogenated alkanes) is 1. The molecular formula is C36H47N5O11S. The van der Waals surface area contributed by atoms with Crippen LogP contribution < -0.4 is 39.4 Å². The van der Waals surface area contributed by atoms with E-state index in [-0.39, 0.29) is 46.6 Å². The fraction of sp³-hybridized carbons (Fsp3) is 0.417. The number of H-pyrrole nitrogens is 1. The molecule has 0 fully saturated rings. The Morgan fingerprint density at radius 2 is 1.60 bits per heavy atom. The smallest absolute Gasteiger partial charge is 0.326 e. The van der Waals surface area contributed by atoms with Crippen LogP contribution in [0.25, 0.3) is 11.0 Å². The van der Waals surface area contributed by atoms with Crippen LogP contribution in [0.5, 0.6) is 34.5 Å². The van der Waals surface area contributed by atoms with E-state index in [1.165, 1.54) is 43.1 Å². The van der Waals surface area contributed by atoms with Crippen LogP contribution in [0.4, 0.5) is 5.69 Å². The largest absolute Gasteiger partial charge is 0.493 e. The highest BCUT2D eigenvalue weighted by Gasteiger charge is 2.22. The summed E-state index contributed by atoms with van der Waals surface area (Å²) in [6.45, 7) is 3.93. The second-order valence-corrected chi connectivity index (χ2v) is 13.9. The molecule has 1 heterocycles. The Kier molecular flexibility index (Phi) is 14.4. The molecular weight excluding hydrogens is 710 g/mol. The molecule has 0 aliphatic carbocycles. The van der Waals surface area contributed by atoms with E-state index in [0.29, 0.717) is 73.2 Å². The van der Waals surface area contributed by atoms with Crippen molar-refractivity contribution in [3.05, 3.63) is 59.0 Å². The average Bonchev–Trinajstić information content (AvgIpc) is 3.39. The topological polar surface area (TPSA) is 200 Å². The van der Waals surface area contributed by atoms with Crippen LogP contribution in [0.1, 0.15) is 39.0 Å².